The Morgan fingerprint density at radius 3 is 2.23 bits per heavy atom. The van der Waals surface area contributed by atoms with Gasteiger partial charge in [0.05, 0.1) is 5.56 Å². The van der Waals surface area contributed by atoms with Crippen LogP contribution < -0.4 is 10.6 Å². The lowest BCUT2D eigenvalue weighted by Gasteiger charge is -2.08. The van der Waals surface area contributed by atoms with Crippen molar-refractivity contribution in [1.29, 1.82) is 0 Å². The Hall–Kier alpha value is -2.54. The molecule has 0 saturated heterocycles. The molecule has 0 radical (unpaired) electrons. The van der Waals surface area contributed by atoms with E-state index in [0.29, 0.717) is 17.5 Å². The van der Waals surface area contributed by atoms with E-state index in [1.165, 1.54) is 0 Å². The van der Waals surface area contributed by atoms with E-state index in [9.17, 15) is 22.8 Å². The molecule has 4 nitrogen and oxygen atoms in total. The van der Waals surface area contributed by atoms with Gasteiger partial charge in [-0.25, -0.2) is 13.2 Å². The molecule has 138 valence electrons. The van der Waals surface area contributed by atoms with Crippen LogP contribution in [-0.4, -0.2) is 24.9 Å². The molecule has 2 amide bonds. The van der Waals surface area contributed by atoms with Crippen LogP contribution in [0.5, 0.6) is 0 Å². The Balaban J connectivity index is 1.71. The van der Waals surface area contributed by atoms with Gasteiger partial charge in [-0.3, -0.25) is 9.59 Å². The number of carbonyl (C=O) groups excluding carboxylic acids is 2. The van der Waals surface area contributed by atoms with Gasteiger partial charge >= 0.3 is 0 Å². The summed E-state index contributed by atoms with van der Waals surface area (Å²) in [6, 6.07) is 8.65. The van der Waals surface area contributed by atoms with Crippen LogP contribution in [-0.2, 0) is 11.2 Å². The lowest BCUT2D eigenvalue weighted by atomic mass is 10.1. The maximum atomic E-state index is 13.5. The summed E-state index contributed by atoms with van der Waals surface area (Å²) in [4.78, 5) is 23.5. The number of benzene rings is 2. The molecular formula is C18H16ClF3N2O2. The van der Waals surface area contributed by atoms with E-state index < -0.39 is 28.9 Å². The first-order valence-electron chi connectivity index (χ1n) is 7.81. The van der Waals surface area contributed by atoms with Crippen LogP contribution >= 0.6 is 11.6 Å². The van der Waals surface area contributed by atoms with Crippen molar-refractivity contribution in [3.63, 3.8) is 0 Å². The Kier molecular flexibility index (Phi) is 7.03. The van der Waals surface area contributed by atoms with Crippen molar-refractivity contribution in [3.8, 4) is 0 Å². The fraction of sp³-hybridized carbons (Fsp3) is 0.222. The maximum absolute atomic E-state index is 13.5. The van der Waals surface area contributed by atoms with Crippen molar-refractivity contribution in [2.75, 3.05) is 13.1 Å². The highest BCUT2D eigenvalue weighted by Gasteiger charge is 2.18. The van der Waals surface area contributed by atoms with Gasteiger partial charge in [0.25, 0.3) is 5.91 Å². The molecule has 2 N–H and O–H groups in total. The molecule has 8 heteroatoms. The first-order chi connectivity index (χ1) is 12.4. The van der Waals surface area contributed by atoms with Crippen LogP contribution in [0.1, 0.15) is 22.3 Å². The van der Waals surface area contributed by atoms with Gasteiger partial charge in [0.15, 0.2) is 17.5 Å². The van der Waals surface area contributed by atoms with Crippen molar-refractivity contribution >= 4 is 23.4 Å². The van der Waals surface area contributed by atoms with Gasteiger partial charge in [-0.15, -0.1) is 0 Å². The Morgan fingerprint density at radius 2 is 1.54 bits per heavy atom. The average molecular weight is 385 g/mol. The first-order valence-corrected chi connectivity index (χ1v) is 8.19. The van der Waals surface area contributed by atoms with E-state index >= 15 is 0 Å². The second-order valence-electron chi connectivity index (χ2n) is 5.46. The minimum absolute atomic E-state index is 0.0178. The lowest BCUT2D eigenvalue weighted by molar-refractivity contribution is -0.121. The summed E-state index contributed by atoms with van der Waals surface area (Å²) in [5, 5.41) is 5.54. The molecule has 0 aromatic heterocycles. The number of nitrogens with one attached hydrogen (secondary N) is 2. The van der Waals surface area contributed by atoms with Gasteiger partial charge in [-0.05, 0) is 36.2 Å². The van der Waals surface area contributed by atoms with Gasteiger partial charge < -0.3 is 10.6 Å². The highest BCUT2D eigenvalue weighted by atomic mass is 35.5. The van der Waals surface area contributed by atoms with Crippen LogP contribution in [0.3, 0.4) is 0 Å². The summed E-state index contributed by atoms with van der Waals surface area (Å²) in [6.45, 7) is 0.139. The van der Waals surface area contributed by atoms with Gasteiger partial charge in [-0.2, -0.15) is 0 Å². The predicted octanol–water partition coefficient (Wildman–Crippen LogP) is 3.24. The third kappa shape index (κ3) is 5.49. The number of rotatable bonds is 7. The number of hydrogen-bond donors (Lipinski definition) is 2. The third-order valence-electron chi connectivity index (χ3n) is 3.57. The fourth-order valence-electron chi connectivity index (χ4n) is 2.17. The summed E-state index contributed by atoms with van der Waals surface area (Å²) in [7, 11) is 0. The molecule has 0 saturated carbocycles. The van der Waals surface area contributed by atoms with E-state index in [1.807, 2.05) is 12.1 Å². The fourth-order valence-corrected chi connectivity index (χ4v) is 2.30. The summed E-state index contributed by atoms with van der Waals surface area (Å²) >= 11 is 5.78. The SMILES string of the molecule is O=C(CCc1ccc(Cl)cc1)NCCNC(=O)c1ccc(F)c(F)c1F. The first kappa shape index (κ1) is 19.8. The Labute approximate surface area is 153 Å². The van der Waals surface area contributed by atoms with Gasteiger partial charge in [0, 0.05) is 24.5 Å². The Morgan fingerprint density at radius 1 is 0.885 bits per heavy atom. The molecule has 0 unspecified atom stereocenters. The number of halogens is 4. The predicted molar refractivity (Wildman–Crippen MR) is 91.4 cm³/mol. The van der Waals surface area contributed by atoms with E-state index in [0.717, 1.165) is 11.6 Å². The minimum Gasteiger partial charge on any atom is -0.354 e. The standard InChI is InChI=1S/C18H16ClF3N2O2/c19-12-4-1-11(2-5-12)3-8-15(25)23-9-10-24-18(26)13-6-7-14(20)17(22)16(13)21/h1-2,4-7H,3,8-10H2,(H,23,25)(H,24,26). The van der Waals surface area contributed by atoms with Crippen molar-refractivity contribution in [3.05, 3.63) is 70.0 Å². The van der Waals surface area contributed by atoms with E-state index in [2.05, 4.69) is 10.6 Å². The normalized spacial score (nSPS) is 10.5. The zero-order valence-corrected chi connectivity index (χ0v) is 14.4. The smallest absolute Gasteiger partial charge is 0.254 e. The quantitative estimate of drug-likeness (QED) is 0.569. The summed E-state index contributed by atoms with van der Waals surface area (Å²) in [5.74, 6) is -5.72. The van der Waals surface area contributed by atoms with Gasteiger partial charge in [0.2, 0.25) is 5.91 Å². The van der Waals surface area contributed by atoms with E-state index in [4.69, 9.17) is 11.6 Å². The van der Waals surface area contributed by atoms with E-state index in [-0.39, 0.29) is 25.4 Å². The molecule has 0 fully saturated rings. The molecule has 2 rings (SSSR count). The Bertz CT molecular complexity index is 798. The summed E-state index contributed by atoms with van der Waals surface area (Å²) < 4.78 is 39.4. The highest BCUT2D eigenvalue weighted by Crippen LogP contribution is 2.15. The molecule has 26 heavy (non-hydrogen) atoms. The van der Waals surface area contributed by atoms with Crippen molar-refractivity contribution in [2.24, 2.45) is 0 Å². The maximum Gasteiger partial charge on any atom is 0.254 e. The van der Waals surface area contributed by atoms with Crippen molar-refractivity contribution in [2.45, 2.75) is 12.8 Å². The lowest BCUT2D eigenvalue weighted by Crippen LogP contribution is -2.35. The van der Waals surface area contributed by atoms with Crippen molar-refractivity contribution < 1.29 is 22.8 Å². The summed E-state index contributed by atoms with van der Waals surface area (Å²) in [5.41, 5.74) is 0.365. The van der Waals surface area contributed by atoms with Crippen LogP contribution in [0, 0.1) is 17.5 Å². The zero-order valence-electron chi connectivity index (χ0n) is 13.6. The van der Waals surface area contributed by atoms with Gasteiger partial charge in [0.1, 0.15) is 0 Å². The second-order valence-corrected chi connectivity index (χ2v) is 5.89. The van der Waals surface area contributed by atoms with Crippen LogP contribution in [0.4, 0.5) is 13.2 Å². The van der Waals surface area contributed by atoms with Crippen LogP contribution in [0.25, 0.3) is 0 Å². The molecule has 2 aromatic rings. The number of carbonyl (C=O) groups is 2. The number of hydrogen-bond acceptors (Lipinski definition) is 2. The molecule has 0 aliphatic heterocycles. The largest absolute Gasteiger partial charge is 0.354 e. The molecule has 0 atom stereocenters. The van der Waals surface area contributed by atoms with Crippen LogP contribution in [0.15, 0.2) is 36.4 Å². The van der Waals surface area contributed by atoms with Gasteiger partial charge in [-0.1, -0.05) is 23.7 Å². The zero-order chi connectivity index (χ0) is 19.1. The number of amides is 2. The third-order valence-corrected chi connectivity index (χ3v) is 3.82. The van der Waals surface area contributed by atoms with Crippen LogP contribution in [0.2, 0.25) is 5.02 Å². The molecule has 0 heterocycles. The molecule has 0 aliphatic carbocycles. The van der Waals surface area contributed by atoms with Crippen molar-refractivity contribution in [1.82, 2.24) is 10.6 Å². The minimum atomic E-state index is -1.70. The molecule has 0 spiro atoms. The van der Waals surface area contributed by atoms with E-state index in [1.54, 1.807) is 12.1 Å². The molecule has 0 bridgehead atoms. The highest BCUT2D eigenvalue weighted by molar-refractivity contribution is 6.30. The topological polar surface area (TPSA) is 58.2 Å². The molecule has 0 aliphatic rings. The molecular weight excluding hydrogens is 369 g/mol. The summed E-state index contributed by atoms with van der Waals surface area (Å²) in [6.07, 6.45) is 0.794. The molecule has 2 aromatic carbocycles. The monoisotopic (exact) mass is 384 g/mol. The average Bonchev–Trinajstić information content (AvgIpc) is 2.62. The second kappa shape index (κ2) is 9.24. The number of aryl methyl sites for hydroxylation is 1.